The zero-order valence-electron chi connectivity index (χ0n) is 16.2. The fraction of sp³-hybridized carbons (Fsp3) is 0.812. The second-order valence-electron chi connectivity index (χ2n) is 6.97. The smallest absolute Gasteiger partial charge is 0.377 e. The predicted molar refractivity (Wildman–Crippen MR) is 100.0 cm³/mol. The Bertz CT molecular complexity index is 499. The van der Waals surface area contributed by atoms with Crippen molar-refractivity contribution in [3.8, 4) is 0 Å². The van der Waals surface area contributed by atoms with Crippen LogP contribution >= 0.6 is 9.03 Å². The lowest BCUT2D eigenvalue weighted by atomic mass is 9.66. The summed E-state index contributed by atoms with van der Waals surface area (Å²) in [6.45, 7) is 12.6. The van der Waals surface area contributed by atoms with Crippen LogP contribution in [0, 0.1) is 5.41 Å². The lowest BCUT2D eigenvalue weighted by Gasteiger charge is -2.35. The number of hydrogen-bond acceptors (Lipinski definition) is 6. The molecule has 3 radical (unpaired) electrons. The molecule has 0 N–H and O–H groups in total. The van der Waals surface area contributed by atoms with Crippen LogP contribution in [0.1, 0.15) is 67.7 Å². The van der Waals surface area contributed by atoms with Gasteiger partial charge in [-0.3, -0.25) is 9.59 Å². The molecule has 3 atom stereocenters. The molecule has 6 nitrogen and oxygen atoms in total. The number of hydrogen-bond donors (Lipinski definition) is 0. The van der Waals surface area contributed by atoms with Gasteiger partial charge in [0.05, 0.1) is 0 Å². The minimum atomic E-state index is -1.26. The highest BCUT2D eigenvalue weighted by Crippen LogP contribution is 2.38. The molecule has 0 amide bonds. The van der Waals surface area contributed by atoms with Crippen molar-refractivity contribution in [2.45, 2.75) is 78.9 Å². The van der Waals surface area contributed by atoms with Crippen LogP contribution in [0.15, 0.2) is 0 Å². The van der Waals surface area contributed by atoms with Crippen LogP contribution in [0.25, 0.3) is 0 Å². The molecular formula is C16H28B2O6P. The molecule has 0 heterocycles. The third kappa shape index (κ3) is 6.50. The van der Waals surface area contributed by atoms with Crippen LogP contribution in [0.3, 0.4) is 0 Å². The largest absolute Gasteiger partial charge is 0.551 e. The molecule has 0 aliphatic rings. The Morgan fingerprint density at radius 1 is 0.920 bits per heavy atom. The number of Topliss-reactive ketones (excluding diaryl/α,β-unsaturated/α-hetero) is 1. The van der Waals surface area contributed by atoms with Gasteiger partial charge in [-0.05, 0) is 33.1 Å². The van der Waals surface area contributed by atoms with Crippen LogP contribution in [0.4, 0.5) is 4.79 Å². The van der Waals surface area contributed by atoms with Gasteiger partial charge in [-0.25, -0.2) is 0 Å². The van der Waals surface area contributed by atoms with Gasteiger partial charge in [-0.2, -0.15) is 0 Å². The van der Waals surface area contributed by atoms with E-state index in [1.807, 2.05) is 27.7 Å². The normalized spacial score (nSPS) is 16.9. The van der Waals surface area contributed by atoms with E-state index in [0.717, 1.165) is 7.28 Å². The molecule has 0 saturated carbocycles. The standard InChI is InChI=1S/C16H28B2O6P/c1-8-14(4,5)11(19)15(6,9-2)23-25-24-16(7,10-3)12(20)18-13(21)22-17/h25H,8-10H2,1-7H3. The lowest BCUT2D eigenvalue weighted by Crippen LogP contribution is -2.45. The van der Waals surface area contributed by atoms with Gasteiger partial charge in [-0.15, -0.1) is 0 Å². The Balaban J connectivity index is 5.00. The highest BCUT2D eigenvalue weighted by molar-refractivity contribution is 7.26. The zero-order valence-corrected chi connectivity index (χ0v) is 17.2. The highest BCUT2D eigenvalue weighted by atomic mass is 31.1. The second-order valence-corrected chi connectivity index (χ2v) is 7.54. The lowest BCUT2D eigenvalue weighted by molar-refractivity contribution is -0.143. The van der Waals surface area contributed by atoms with Crippen molar-refractivity contribution in [2.24, 2.45) is 5.41 Å². The third-order valence-electron chi connectivity index (χ3n) is 4.75. The van der Waals surface area contributed by atoms with E-state index in [9.17, 15) is 14.4 Å². The Kier molecular flexibility index (Phi) is 9.56. The predicted octanol–water partition coefficient (Wildman–Crippen LogP) is 3.32. The molecule has 0 aromatic heterocycles. The van der Waals surface area contributed by atoms with Gasteiger partial charge in [0.25, 0.3) is 0 Å². The topological polar surface area (TPSA) is 78.9 Å². The summed E-state index contributed by atoms with van der Waals surface area (Å²) in [4.78, 5) is 36.1. The number of rotatable bonds is 12. The van der Waals surface area contributed by atoms with E-state index in [2.05, 4.69) is 4.65 Å². The number of carbonyl (C=O) groups is 3. The molecule has 139 valence electrons. The number of ketones is 1. The van der Waals surface area contributed by atoms with Gasteiger partial charge < -0.3 is 18.5 Å². The van der Waals surface area contributed by atoms with Crippen LogP contribution in [-0.2, 0) is 23.3 Å². The monoisotopic (exact) mass is 369 g/mol. The van der Waals surface area contributed by atoms with Gasteiger partial charge in [0.2, 0.25) is 5.87 Å². The summed E-state index contributed by atoms with van der Waals surface area (Å²) in [6.07, 6.45) is 1.48. The van der Waals surface area contributed by atoms with E-state index in [1.165, 1.54) is 0 Å². The molecule has 3 unspecified atom stereocenters. The van der Waals surface area contributed by atoms with Crippen LogP contribution in [0.5, 0.6) is 0 Å². The van der Waals surface area contributed by atoms with Crippen LogP contribution in [0.2, 0.25) is 0 Å². The summed E-state index contributed by atoms with van der Waals surface area (Å²) in [5.41, 5.74) is -3.35. The average Bonchev–Trinajstić information content (AvgIpc) is 2.60. The third-order valence-corrected chi connectivity index (χ3v) is 5.82. The molecule has 0 aliphatic heterocycles. The first-order chi connectivity index (χ1) is 11.4. The summed E-state index contributed by atoms with van der Waals surface area (Å²) >= 11 is 0. The highest BCUT2D eigenvalue weighted by Gasteiger charge is 2.42. The minimum Gasteiger partial charge on any atom is -0.551 e. The van der Waals surface area contributed by atoms with Crippen LogP contribution in [-0.4, -0.2) is 43.9 Å². The molecule has 0 fully saturated rings. The van der Waals surface area contributed by atoms with Crippen molar-refractivity contribution in [2.75, 3.05) is 0 Å². The van der Waals surface area contributed by atoms with E-state index in [-0.39, 0.29) is 5.78 Å². The first-order valence-electron chi connectivity index (χ1n) is 8.38. The van der Waals surface area contributed by atoms with E-state index >= 15 is 0 Å². The molecule has 25 heavy (non-hydrogen) atoms. The van der Waals surface area contributed by atoms with E-state index in [4.69, 9.17) is 17.1 Å². The van der Waals surface area contributed by atoms with Crippen molar-refractivity contribution in [3.05, 3.63) is 0 Å². The summed E-state index contributed by atoms with van der Waals surface area (Å²) in [6, 6.07) is 0. The fourth-order valence-electron chi connectivity index (χ4n) is 1.95. The first-order valence-corrected chi connectivity index (χ1v) is 9.19. The van der Waals surface area contributed by atoms with Crippen molar-refractivity contribution in [1.82, 2.24) is 0 Å². The van der Waals surface area contributed by atoms with Crippen molar-refractivity contribution >= 4 is 41.7 Å². The maximum Gasteiger partial charge on any atom is 0.377 e. The molecule has 0 saturated heterocycles. The molecule has 0 bridgehead atoms. The molecule has 0 aliphatic carbocycles. The van der Waals surface area contributed by atoms with Crippen molar-refractivity contribution < 1.29 is 28.1 Å². The SMILES string of the molecule is [B]OC(=O)[B]C(=O)C(C)(CC)OPOC(C)(CC)C(=O)C(C)(C)CC. The molecule has 0 aromatic rings. The van der Waals surface area contributed by atoms with Crippen LogP contribution < -0.4 is 0 Å². The maximum absolute atomic E-state index is 12.8. The van der Waals surface area contributed by atoms with Gasteiger partial charge in [0.1, 0.15) is 16.9 Å². The molecule has 0 rings (SSSR count). The summed E-state index contributed by atoms with van der Waals surface area (Å²) in [5, 5.41) is 0. The van der Waals surface area contributed by atoms with Gasteiger partial charge in [-0.1, -0.05) is 34.6 Å². The Morgan fingerprint density at radius 3 is 1.80 bits per heavy atom. The molecule has 0 spiro atoms. The van der Waals surface area contributed by atoms with E-state index in [1.54, 1.807) is 20.8 Å². The number of carbonyl (C=O) groups excluding carboxylic acids is 3. The first kappa shape index (κ1) is 24.3. The quantitative estimate of drug-likeness (QED) is 0.388. The summed E-state index contributed by atoms with van der Waals surface area (Å²) in [7, 11) is 4.95. The van der Waals surface area contributed by atoms with Crippen molar-refractivity contribution in [1.29, 1.82) is 0 Å². The van der Waals surface area contributed by atoms with Gasteiger partial charge in [0.15, 0.2) is 14.8 Å². The molecule has 0 aromatic carbocycles. The molecule has 9 heteroatoms. The Hall–Kier alpha value is -0.710. The summed E-state index contributed by atoms with van der Waals surface area (Å²) in [5.74, 6) is -0.959. The van der Waals surface area contributed by atoms with E-state index in [0.29, 0.717) is 19.3 Å². The van der Waals surface area contributed by atoms with Gasteiger partial charge in [0, 0.05) is 5.41 Å². The summed E-state index contributed by atoms with van der Waals surface area (Å²) < 4.78 is 15.3. The average molecular weight is 369 g/mol. The Labute approximate surface area is 154 Å². The minimum absolute atomic E-state index is 0.0103. The molecular weight excluding hydrogens is 341 g/mol. The van der Waals surface area contributed by atoms with Gasteiger partial charge >= 0.3 is 15.3 Å². The van der Waals surface area contributed by atoms with Crippen molar-refractivity contribution in [3.63, 3.8) is 0 Å². The van der Waals surface area contributed by atoms with E-state index < -0.39 is 37.2 Å². The second kappa shape index (κ2) is 9.84. The zero-order chi connectivity index (χ0) is 19.9. The maximum atomic E-state index is 12.8. The Morgan fingerprint density at radius 2 is 1.40 bits per heavy atom. The fourth-order valence-corrected chi connectivity index (χ4v) is 2.84.